The maximum Gasteiger partial charge on any atom is 1.00 e. The minimum atomic E-state index is 0. The van der Waals surface area contributed by atoms with Gasteiger partial charge in [0.15, 0.2) is 0 Å². The third-order valence-electron chi connectivity index (χ3n) is 1.34. The van der Waals surface area contributed by atoms with Crippen LogP contribution in [0, 0.1) is 0 Å². The summed E-state index contributed by atoms with van der Waals surface area (Å²) in [4.78, 5) is 0. The summed E-state index contributed by atoms with van der Waals surface area (Å²) in [6.07, 6.45) is 1.03. The van der Waals surface area contributed by atoms with Crippen molar-refractivity contribution >= 4 is 0 Å². The summed E-state index contributed by atoms with van der Waals surface area (Å²) in [5, 5.41) is 8.85. The second-order valence-electron chi connectivity index (χ2n) is 2.02. The van der Waals surface area contributed by atoms with E-state index in [1.807, 2.05) is 12.1 Å². The van der Waals surface area contributed by atoms with E-state index in [1.54, 1.807) is 12.1 Å². The molecule has 2 N–H and O–H groups in total. The van der Waals surface area contributed by atoms with Crippen molar-refractivity contribution in [1.29, 1.82) is 0 Å². The Bertz CT molecular complexity index is 184. The van der Waals surface area contributed by atoms with E-state index < -0.39 is 0 Å². The van der Waals surface area contributed by atoms with Crippen LogP contribution in [0.15, 0.2) is 24.3 Å². The molecule has 11 heavy (non-hydrogen) atoms. The average Bonchev–Trinajstić information content (AvgIpc) is 1.90. The monoisotopic (exact) mass is 162 g/mol. The molecule has 0 saturated heterocycles. The van der Waals surface area contributed by atoms with E-state index in [0.717, 1.165) is 6.42 Å². The van der Waals surface area contributed by atoms with Crippen molar-refractivity contribution in [2.75, 3.05) is 0 Å². The van der Waals surface area contributed by atoms with Crippen LogP contribution in [0.3, 0.4) is 0 Å². The molecule has 0 saturated carbocycles. The van der Waals surface area contributed by atoms with Gasteiger partial charge in [-0.3, -0.25) is 0 Å². The Kier molecular flexibility index (Phi) is 8.23. The van der Waals surface area contributed by atoms with E-state index in [1.165, 1.54) is 5.56 Å². The van der Waals surface area contributed by atoms with E-state index in [9.17, 15) is 0 Å². The van der Waals surface area contributed by atoms with Crippen molar-refractivity contribution in [2.45, 2.75) is 13.3 Å². The van der Waals surface area contributed by atoms with Gasteiger partial charge < -0.3 is 10.6 Å². The Morgan fingerprint density at radius 3 is 2.00 bits per heavy atom. The first-order valence-corrected chi connectivity index (χ1v) is 3.11. The third-order valence-corrected chi connectivity index (χ3v) is 1.34. The Hall–Kier alpha value is -0.0200. The molecule has 3 heteroatoms. The van der Waals surface area contributed by atoms with Crippen molar-refractivity contribution in [2.24, 2.45) is 0 Å². The Morgan fingerprint density at radius 1 is 1.18 bits per heavy atom. The second-order valence-corrected chi connectivity index (χ2v) is 2.02. The van der Waals surface area contributed by atoms with E-state index in [4.69, 9.17) is 5.11 Å². The van der Waals surface area contributed by atoms with Crippen LogP contribution in [0.1, 0.15) is 12.5 Å². The van der Waals surface area contributed by atoms with Crippen LogP contribution in [0.2, 0.25) is 0 Å². The number of aromatic hydroxyl groups is 1. The largest absolute Gasteiger partial charge is 1.00 e. The molecule has 1 aromatic carbocycles. The van der Waals surface area contributed by atoms with Gasteiger partial charge in [-0.05, 0) is 24.1 Å². The Labute approximate surface area is 88.8 Å². The second kappa shape index (κ2) is 6.68. The van der Waals surface area contributed by atoms with Crippen molar-refractivity contribution < 1.29 is 40.1 Å². The fourth-order valence-corrected chi connectivity index (χ4v) is 0.732. The Morgan fingerprint density at radius 2 is 1.64 bits per heavy atom. The molecule has 0 fully saturated rings. The maximum atomic E-state index is 8.85. The van der Waals surface area contributed by atoms with Gasteiger partial charge in [-0.25, -0.2) is 0 Å². The van der Waals surface area contributed by atoms with E-state index in [-0.39, 0.29) is 35.0 Å². The minimum Gasteiger partial charge on any atom is -0.870 e. The molecule has 0 amide bonds. The van der Waals surface area contributed by atoms with Gasteiger partial charge in [-0.15, -0.1) is 0 Å². The molecule has 0 aliphatic carbocycles. The van der Waals surface area contributed by atoms with Crippen molar-refractivity contribution in [1.82, 2.24) is 0 Å². The van der Waals surface area contributed by atoms with Crippen LogP contribution < -0.4 is 29.6 Å². The molecule has 1 aromatic rings. The van der Waals surface area contributed by atoms with Crippen molar-refractivity contribution in [3.05, 3.63) is 29.8 Å². The average molecular weight is 162 g/mol. The summed E-state index contributed by atoms with van der Waals surface area (Å²) >= 11 is 0. The minimum absolute atomic E-state index is 0. The molecule has 56 valence electrons. The first kappa shape index (κ1) is 13.6. The first-order valence-electron chi connectivity index (χ1n) is 3.11. The number of benzene rings is 1. The van der Waals surface area contributed by atoms with Gasteiger partial charge in [0.1, 0.15) is 5.75 Å². The predicted molar refractivity (Wildman–Crippen MR) is 39.4 cm³/mol. The summed E-state index contributed by atoms with van der Waals surface area (Å²) < 4.78 is 0. The van der Waals surface area contributed by atoms with Gasteiger partial charge >= 0.3 is 29.6 Å². The number of rotatable bonds is 1. The van der Waals surface area contributed by atoms with Crippen LogP contribution in [0.4, 0.5) is 0 Å². The number of phenolic OH excluding ortho intramolecular Hbond substituents is 1. The molecule has 1 rings (SSSR count). The Balaban J connectivity index is 0. The molecule has 2 nitrogen and oxygen atoms in total. The predicted octanol–water partition coefficient (Wildman–Crippen LogP) is -1.22. The molecule has 0 aliphatic heterocycles. The van der Waals surface area contributed by atoms with Gasteiger partial charge in [-0.1, -0.05) is 19.1 Å². The zero-order valence-corrected chi connectivity index (χ0v) is 8.91. The van der Waals surface area contributed by atoms with E-state index >= 15 is 0 Å². The number of hydrogen-bond donors (Lipinski definition) is 1. The molecule has 0 bridgehead atoms. The summed E-state index contributed by atoms with van der Waals surface area (Å²) in [5.74, 6) is 0.340. The summed E-state index contributed by atoms with van der Waals surface area (Å²) in [6, 6.07) is 7.27. The number of hydrogen-bond acceptors (Lipinski definition) is 2. The standard InChI is InChI=1S/C8H10O.Na.H2O/c1-2-7-3-5-8(9)6-4-7;;/h3-6,9H,2H2,1H3;;1H2/q;+1;/p-1. The van der Waals surface area contributed by atoms with Gasteiger partial charge in [0.25, 0.3) is 0 Å². The van der Waals surface area contributed by atoms with Crippen LogP contribution >= 0.6 is 0 Å². The van der Waals surface area contributed by atoms with Crippen LogP contribution in [0.5, 0.6) is 5.75 Å². The van der Waals surface area contributed by atoms with Crippen LogP contribution in [-0.4, -0.2) is 10.6 Å². The molecule has 0 radical (unpaired) electrons. The van der Waals surface area contributed by atoms with E-state index in [0.29, 0.717) is 5.75 Å². The fraction of sp³-hybridized carbons (Fsp3) is 0.250. The fourth-order valence-electron chi connectivity index (χ4n) is 0.732. The van der Waals surface area contributed by atoms with Gasteiger partial charge in [0, 0.05) is 0 Å². The molecule has 0 aromatic heterocycles. The zero-order chi connectivity index (χ0) is 6.69. The maximum absolute atomic E-state index is 8.85. The summed E-state index contributed by atoms with van der Waals surface area (Å²) in [7, 11) is 0. The quantitative estimate of drug-likeness (QED) is 0.526. The topological polar surface area (TPSA) is 50.2 Å². The SMILES string of the molecule is CCc1ccc(O)cc1.[Na+].[OH-]. The van der Waals surface area contributed by atoms with Crippen molar-refractivity contribution in [3.63, 3.8) is 0 Å². The van der Waals surface area contributed by atoms with Gasteiger partial charge in [0.2, 0.25) is 0 Å². The van der Waals surface area contributed by atoms with E-state index in [2.05, 4.69) is 6.92 Å². The van der Waals surface area contributed by atoms with Crippen LogP contribution in [0.25, 0.3) is 0 Å². The van der Waals surface area contributed by atoms with Crippen molar-refractivity contribution in [3.8, 4) is 5.75 Å². The van der Waals surface area contributed by atoms with Crippen LogP contribution in [-0.2, 0) is 6.42 Å². The molecule has 0 atom stereocenters. The first-order chi connectivity index (χ1) is 4.33. The zero-order valence-electron chi connectivity index (χ0n) is 6.91. The molecule has 0 unspecified atom stereocenters. The normalized spacial score (nSPS) is 7.73. The smallest absolute Gasteiger partial charge is 0.870 e. The molecular weight excluding hydrogens is 151 g/mol. The molecule has 0 aliphatic rings. The molecular formula is C8H11NaO2. The molecule has 0 heterocycles. The third kappa shape index (κ3) is 4.43. The summed E-state index contributed by atoms with van der Waals surface area (Å²) in [5.41, 5.74) is 1.26. The number of aryl methyl sites for hydroxylation is 1. The summed E-state index contributed by atoms with van der Waals surface area (Å²) in [6.45, 7) is 2.09. The number of phenols is 1. The van der Waals surface area contributed by atoms with Gasteiger partial charge in [0.05, 0.1) is 0 Å². The van der Waals surface area contributed by atoms with Gasteiger partial charge in [-0.2, -0.15) is 0 Å². The molecule has 0 spiro atoms.